The fourth-order valence-corrected chi connectivity index (χ4v) is 2.40. The van der Waals surface area contributed by atoms with Crippen LogP contribution in [0.25, 0.3) is 5.82 Å². The van der Waals surface area contributed by atoms with Crippen LogP contribution in [-0.4, -0.2) is 30.9 Å². The zero-order valence-electron chi connectivity index (χ0n) is 14.1. The second kappa shape index (κ2) is 7.44. The molecule has 4 rings (SSSR count). The van der Waals surface area contributed by atoms with Crippen molar-refractivity contribution in [3.05, 3.63) is 84.9 Å². The van der Waals surface area contributed by atoms with Crippen molar-refractivity contribution in [2.45, 2.75) is 0 Å². The number of benzene rings is 1. The lowest BCUT2D eigenvalue weighted by molar-refractivity contribution is 0.102. The summed E-state index contributed by atoms with van der Waals surface area (Å²) >= 11 is 0. The molecule has 1 amide bonds. The third kappa shape index (κ3) is 3.96. The number of anilines is 3. The fourth-order valence-electron chi connectivity index (χ4n) is 2.40. The maximum absolute atomic E-state index is 12.1. The van der Waals surface area contributed by atoms with E-state index in [4.69, 9.17) is 0 Å². The average molecular weight is 357 g/mol. The Balaban J connectivity index is 1.40. The number of carbonyl (C=O) groups excluding carboxylic acids is 1. The largest absolute Gasteiger partial charge is 0.339 e. The van der Waals surface area contributed by atoms with Crippen LogP contribution in [0.2, 0.25) is 0 Å². The van der Waals surface area contributed by atoms with Gasteiger partial charge in [-0.05, 0) is 54.6 Å². The van der Waals surface area contributed by atoms with Crippen LogP contribution in [0.15, 0.2) is 79.3 Å². The molecule has 0 aliphatic rings. The number of hydrogen-bond donors (Lipinski definition) is 2. The van der Waals surface area contributed by atoms with Gasteiger partial charge in [-0.15, -0.1) is 10.2 Å². The highest BCUT2D eigenvalue weighted by Gasteiger charge is 2.07. The van der Waals surface area contributed by atoms with Gasteiger partial charge in [-0.3, -0.25) is 9.78 Å². The van der Waals surface area contributed by atoms with Crippen molar-refractivity contribution < 1.29 is 4.79 Å². The number of amides is 1. The van der Waals surface area contributed by atoms with Crippen LogP contribution in [0.4, 0.5) is 17.2 Å². The summed E-state index contributed by atoms with van der Waals surface area (Å²) in [6, 6.07) is 18.0. The van der Waals surface area contributed by atoms with Gasteiger partial charge in [-0.25, -0.2) is 4.68 Å². The Morgan fingerprint density at radius 2 is 1.70 bits per heavy atom. The summed E-state index contributed by atoms with van der Waals surface area (Å²) in [5.41, 5.74) is 1.87. The topological polar surface area (TPSA) is 97.6 Å². The van der Waals surface area contributed by atoms with Gasteiger partial charge in [0, 0.05) is 30.0 Å². The van der Waals surface area contributed by atoms with Crippen molar-refractivity contribution in [2.24, 2.45) is 0 Å². The molecule has 3 aromatic heterocycles. The van der Waals surface area contributed by atoms with Crippen molar-refractivity contribution in [1.82, 2.24) is 25.0 Å². The number of aromatic nitrogens is 5. The predicted molar refractivity (Wildman–Crippen MR) is 101 cm³/mol. The van der Waals surface area contributed by atoms with Gasteiger partial charge in [0.25, 0.3) is 5.91 Å². The number of carbonyl (C=O) groups is 1. The van der Waals surface area contributed by atoms with Gasteiger partial charge in [0.2, 0.25) is 0 Å². The van der Waals surface area contributed by atoms with Crippen LogP contribution >= 0.6 is 0 Å². The SMILES string of the molecule is O=C(Nc1ccc(Nc2ccc(-n3cccn3)nn2)cc1)c1ccccn1. The molecule has 4 aromatic rings. The van der Waals surface area contributed by atoms with E-state index >= 15 is 0 Å². The molecule has 0 aliphatic carbocycles. The second-order valence-electron chi connectivity index (χ2n) is 5.60. The van der Waals surface area contributed by atoms with E-state index in [0.717, 1.165) is 5.69 Å². The minimum atomic E-state index is -0.253. The first-order valence-corrected chi connectivity index (χ1v) is 8.21. The first-order chi connectivity index (χ1) is 13.3. The summed E-state index contributed by atoms with van der Waals surface area (Å²) in [4.78, 5) is 16.1. The molecule has 0 aliphatic heterocycles. The minimum Gasteiger partial charge on any atom is -0.339 e. The van der Waals surface area contributed by atoms with Gasteiger partial charge in [-0.1, -0.05) is 6.07 Å². The van der Waals surface area contributed by atoms with Gasteiger partial charge in [0.15, 0.2) is 11.6 Å². The number of rotatable bonds is 5. The molecule has 0 fully saturated rings. The van der Waals surface area contributed by atoms with Crippen LogP contribution in [0.5, 0.6) is 0 Å². The van der Waals surface area contributed by atoms with E-state index in [9.17, 15) is 4.79 Å². The third-order valence-electron chi connectivity index (χ3n) is 3.70. The Bertz CT molecular complexity index is 1010. The van der Waals surface area contributed by atoms with Gasteiger partial charge >= 0.3 is 0 Å². The molecule has 3 heterocycles. The number of hydrogen-bond acceptors (Lipinski definition) is 6. The molecule has 2 N–H and O–H groups in total. The number of nitrogens with one attached hydrogen (secondary N) is 2. The van der Waals surface area contributed by atoms with E-state index in [0.29, 0.717) is 23.0 Å². The Labute approximate surface area is 154 Å². The summed E-state index contributed by atoms with van der Waals surface area (Å²) in [5.74, 6) is 0.991. The Kier molecular flexibility index (Phi) is 4.52. The minimum absolute atomic E-state index is 0.253. The maximum atomic E-state index is 12.1. The Hall–Kier alpha value is -4.07. The van der Waals surface area contributed by atoms with Crippen LogP contribution in [0.1, 0.15) is 10.5 Å². The van der Waals surface area contributed by atoms with Crippen molar-refractivity contribution in [2.75, 3.05) is 10.6 Å². The lowest BCUT2D eigenvalue weighted by Crippen LogP contribution is -2.13. The molecule has 0 saturated carbocycles. The third-order valence-corrected chi connectivity index (χ3v) is 3.70. The van der Waals surface area contributed by atoms with Crippen LogP contribution in [0.3, 0.4) is 0 Å². The van der Waals surface area contributed by atoms with Gasteiger partial charge < -0.3 is 10.6 Å². The number of pyridine rings is 1. The first-order valence-electron chi connectivity index (χ1n) is 8.21. The monoisotopic (exact) mass is 357 g/mol. The predicted octanol–water partition coefficient (Wildman–Crippen LogP) is 3.05. The highest BCUT2D eigenvalue weighted by molar-refractivity contribution is 6.02. The summed E-state index contributed by atoms with van der Waals surface area (Å²) in [5, 5.41) is 18.3. The molecule has 8 heteroatoms. The van der Waals surface area contributed by atoms with E-state index < -0.39 is 0 Å². The van der Waals surface area contributed by atoms with Crippen LogP contribution in [-0.2, 0) is 0 Å². The quantitative estimate of drug-likeness (QED) is 0.570. The Morgan fingerprint density at radius 1 is 0.852 bits per heavy atom. The fraction of sp³-hybridized carbons (Fsp3) is 0. The summed E-state index contributed by atoms with van der Waals surface area (Å²) in [6.45, 7) is 0. The van der Waals surface area contributed by atoms with Crippen molar-refractivity contribution in [3.63, 3.8) is 0 Å². The molecular weight excluding hydrogens is 342 g/mol. The van der Waals surface area contributed by atoms with Crippen LogP contribution in [0, 0.1) is 0 Å². The van der Waals surface area contributed by atoms with Gasteiger partial charge in [0.1, 0.15) is 5.69 Å². The normalized spacial score (nSPS) is 10.4. The van der Waals surface area contributed by atoms with Gasteiger partial charge in [-0.2, -0.15) is 5.10 Å². The van der Waals surface area contributed by atoms with Crippen LogP contribution < -0.4 is 10.6 Å². The molecule has 0 radical (unpaired) electrons. The average Bonchev–Trinajstić information content (AvgIpc) is 3.26. The highest BCUT2D eigenvalue weighted by atomic mass is 16.1. The van der Waals surface area contributed by atoms with E-state index in [1.165, 1.54) is 0 Å². The first kappa shape index (κ1) is 16.4. The standard InChI is InChI=1S/C19H15N7O/c27-19(16-4-1-2-11-20-16)23-15-7-5-14(6-8-15)22-17-9-10-18(25-24-17)26-13-3-12-21-26/h1-13H,(H,22,24)(H,23,27). The van der Waals surface area contributed by atoms with E-state index in [1.807, 2.05) is 30.3 Å². The van der Waals surface area contributed by atoms with Crippen molar-refractivity contribution in [3.8, 4) is 5.82 Å². The molecule has 0 atom stereocenters. The zero-order chi connectivity index (χ0) is 18.5. The lowest BCUT2D eigenvalue weighted by Gasteiger charge is -2.08. The molecule has 0 unspecified atom stereocenters. The summed E-state index contributed by atoms with van der Waals surface area (Å²) in [7, 11) is 0. The molecule has 8 nitrogen and oxygen atoms in total. The number of nitrogens with zero attached hydrogens (tertiary/aromatic N) is 5. The maximum Gasteiger partial charge on any atom is 0.274 e. The Morgan fingerprint density at radius 3 is 2.37 bits per heavy atom. The van der Waals surface area contributed by atoms with Crippen molar-refractivity contribution >= 4 is 23.1 Å². The zero-order valence-corrected chi connectivity index (χ0v) is 14.1. The molecule has 1 aromatic carbocycles. The molecule has 132 valence electrons. The summed E-state index contributed by atoms with van der Waals surface area (Å²) in [6.07, 6.45) is 5.07. The van der Waals surface area contributed by atoms with E-state index in [1.54, 1.807) is 53.6 Å². The highest BCUT2D eigenvalue weighted by Crippen LogP contribution is 2.18. The smallest absolute Gasteiger partial charge is 0.274 e. The molecule has 0 spiro atoms. The molecule has 0 saturated heterocycles. The van der Waals surface area contributed by atoms with E-state index in [2.05, 4.69) is 30.9 Å². The van der Waals surface area contributed by atoms with Gasteiger partial charge in [0.05, 0.1) is 0 Å². The second-order valence-corrected chi connectivity index (χ2v) is 5.60. The molecular formula is C19H15N7O. The molecule has 27 heavy (non-hydrogen) atoms. The van der Waals surface area contributed by atoms with E-state index in [-0.39, 0.29) is 5.91 Å². The molecule has 0 bridgehead atoms. The van der Waals surface area contributed by atoms with Crippen molar-refractivity contribution in [1.29, 1.82) is 0 Å². The lowest BCUT2D eigenvalue weighted by atomic mass is 10.2. The summed E-state index contributed by atoms with van der Waals surface area (Å²) < 4.78 is 1.63.